The molecule has 3 amide bonds. The van der Waals surface area contributed by atoms with Gasteiger partial charge < -0.3 is 15.1 Å². The fourth-order valence-electron chi connectivity index (χ4n) is 2.98. The molecule has 0 aromatic heterocycles. The Morgan fingerprint density at radius 2 is 1.72 bits per heavy atom. The summed E-state index contributed by atoms with van der Waals surface area (Å²) < 4.78 is 0. The Balaban J connectivity index is 1.44. The lowest BCUT2D eigenvalue weighted by Gasteiger charge is -2.34. The molecule has 1 heterocycles. The number of aryl methyl sites for hydroxylation is 1. The van der Waals surface area contributed by atoms with Gasteiger partial charge in [-0.05, 0) is 36.8 Å². The van der Waals surface area contributed by atoms with E-state index in [-0.39, 0.29) is 23.4 Å². The van der Waals surface area contributed by atoms with Crippen LogP contribution in [0, 0.1) is 17.0 Å². The maximum Gasteiger partial charge on any atom is 0.321 e. The molecule has 0 radical (unpaired) electrons. The third-order valence-electron chi connectivity index (χ3n) is 4.60. The van der Waals surface area contributed by atoms with Crippen LogP contribution in [0.25, 0.3) is 0 Å². The topological polar surface area (TPSA) is 95.8 Å². The Kier molecular flexibility index (Phi) is 6.71. The summed E-state index contributed by atoms with van der Waals surface area (Å²) in [5.41, 5.74) is 1.86. The number of urea groups is 1. The van der Waals surface area contributed by atoms with E-state index in [0.717, 1.165) is 16.1 Å². The van der Waals surface area contributed by atoms with Crippen molar-refractivity contribution in [1.82, 2.24) is 9.80 Å². The molecule has 152 valence electrons. The van der Waals surface area contributed by atoms with Crippen LogP contribution in [-0.2, 0) is 4.79 Å². The number of piperazine rings is 1. The van der Waals surface area contributed by atoms with Crippen LogP contribution in [-0.4, -0.2) is 58.6 Å². The van der Waals surface area contributed by atoms with Crippen molar-refractivity contribution in [2.75, 3.05) is 37.2 Å². The molecule has 0 spiro atoms. The average Bonchev–Trinajstić information content (AvgIpc) is 2.72. The molecule has 2 aromatic carbocycles. The van der Waals surface area contributed by atoms with Crippen LogP contribution in [0.3, 0.4) is 0 Å². The predicted molar refractivity (Wildman–Crippen MR) is 112 cm³/mol. The zero-order chi connectivity index (χ0) is 20.8. The van der Waals surface area contributed by atoms with Gasteiger partial charge in [-0.2, -0.15) is 0 Å². The van der Waals surface area contributed by atoms with Gasteiger partial charge >= 0.3 is 6.03 Å². The van der Waals surface area contributed by atoms with Gasteiger partial charge in [0.1, 0.15) is 0 Å². The van der Waals surface area contributed by atoms with Crippen LogP contribution in [0.15, 0.2) is 53.4 Å². The van der Waals surface area contributed by atoms with E-state index in [4.69, 9.17) is 0 Å². The van der Waals surface area contributed by atoms with Gasteiger partial charge in [0, 0.05) is 48.9 Å². The fraction of sp³-hybridized carbons (Fsp3) is 0.300. The van der Waals surface area contributed by atoms with Crippen LogP contribution in [0.2, 0.25) is 0 Å². The van der Waals surface area contributed by atoms with Crippen molar-refractivity contribution < 1.29 is 14.5 Å². The van der Waals surface area contributed by atoms with Crippen molar-refractivity contribution in [2.24, 2.45) is 0 Å². The molecular formula is C20H22N4O4S. The lowest BCUT2D eigenvalue weighted by molar-refractivity contribution is -0.384. The van der Waals surface area contributed by atoms with E-state index in [9.17, 15) is 19.7 Å². The molecule has 0 saturated carbocycles. The number of amides is 3. The summed E-state index contributed by atoms with van der Waals surface area (Å²) in [6.45, 7) is 3.90. The molecule has 0 bridgehead atoms. The highest BCUT2D eigenvalue weighted by atomic mass is 32.2. The summed E-state index contributed by atoms with van der Waals surface area (Å²) in [6.07, 6.45) is 0. The first-order valence-corrected chi connectivity index (χ1v) is 10.2. The van der Waals surface area contributed by atoms with Gasteiger partial charge in [0.05, 0.1) is 10.7 Å². The van der Waals surface area contributed by atoms with Crippen molar-refractivity contribution in [1.29, 1.82) is 0 Å². The molecule has 0 aliphatic carbocycles. The normalized spacial score (nSPS) is 13.8. The number of thioether (sulfide) groups is 1. The summed E-state index contributed by atoms with van der Waals surface area (Å²) in [5, 5.41) is 13.6. The number of hydrogen-bond donors (Lipinski definition) is 1. The number of benzene rings is 2. The van der Waals surface area contributed by atoms with E-state index in [2.05, 4.69) is 5.32 Å². The number of nitro groups is 1. The fourth-order valence-corrected chi connectivity index (χ4v) is 3.79. The standard InChI is InChI=1S/C20H22N4O4S/c1-15-3-2-4-16(13-15)21-20(26)23-11-9-22(10-12-23)19(25)14-29-18-7-5-17(6-8-18)24(27)28/h2-8,13H,9-12,14H2,1H3,(H,21,26). The van der Waals surface area contributed by atoms with E-state index >= 15 is 0 Å². The number of nitrogens with one attached hydrogen (secondary N) is 1. The molecule has 0 unspecified atom stereocenters. The molecule has 1 aliphatic rings. The molecule has 9 heteroatoms. The first-order chi connectivity index (χ1) is 13.9. The molecule has 1 fully saturated rings. The quantitative estimate of drug-likeness (QED) is 0.460. The van der Waals surface area contributed by atoms with Gasteiger partial charge in [-0.3, -0.25) is 14.9 Å². The highest BCUT2D eigenvalue weighted by Gasteiger charge is 2.24. The van der Waals surface area contributed by atoms with Crippen LogP contribution < -0.4 is 5.32 Å². The molecule has 1 aliphatic heterocycles. The number of nitrogens with zero attached hydrogens (tertiary/aromatic N) is 3. The number of nitro benzene ring substituents is 1. The number of hydrogen-bond acceptors (Lipinski definition) is 5. The first-order valence-electron chi connectivity index (χ1n) is 9.20. The zero-order valence-electron chi connectivity index (χ0n) is 16.0. The summed E-state index contributed by atoms with van der Waals surface area (Å²) in [5.74, 6) is 0.250. The van der Waals surface area contributed by atoms with Gasteiger partial charge in [0.15, 0.2) is 0 Å². The SMILES string of the molecule is Cc1cccc(NC(=O)N2CCN(C(=O)CSc3ccc([N+](=O)[O-])cc3)CC2)c1. The monoisotopic (exact) mass is 414 g/mol. The number of anilines is 1. The van der Waals surface area contributed by atoms with E-state index in [1.165, 1.54) is 23.9 Å². The second kappa shape index (κ2) is 9.42. The van der Waals surface area contributed by atoms with Crippen molar-refractivity contribution in [2.45, 2.75) is 11.8 Å². The van der Waals surface area contributed by atoms with Crippen LogP contribution in [0.1, 0.15) is 5.56 Å². The number of rotatable bonds is 5. The second-order valence-corrected chi connectivity index (χ2v) is 7.76. The van der Waals surface area contributed by atoms with Crippen molar-refractivity contribution in [3.05, 3.63) is 64.2 Å². The third-order valence-corrected chi connectivity index (χ3v) is 5.60. The zero-order valence-corrected chi connectivity index (χ0v) is 16.9. The Morgan fingerprint density at radius 3 is 2.34 bits per heavy atom. The number of non-ortho nitro benzene ring substituents is 1. The largest absolute Gasteiger partial charge is 0.338 e. The molecule has 3 rings (SSSR count). The smallest absolute Gasteiger partial charge is 0.321 e. The lowest BCUT2D eigenvalue weighted by Crippen LogP contribution is -2.52. The molecule has 29 heavy (non-hydrogen) atoms. The van der Waals surface area contributed by atoms with Crippen LogP contribution in [0.4, 0.5) is 16.2 Å². The summed E-state index contributed by atoms with van der Waals surface area (Å²) in [7, 11) is 0. The molecule has 0 atom stereocenters. The van der Waals surface area contributed by atoms with Crippen molar-refractivity contribution in [3.63, 3.8) is 0 Å². The summed E-state index contributed by atoms with van der Waals surface area (Å²) in [4.78, 5) is 39.3. The number of carbonyl (C=O) groups excluding carboxylic acids is 2. The van der Waals surface area contributed by atoms with E-state index in [1.54, 1.807) is 21.9 Å². The second-order valence-electron chi connectivity index (χ2n) is 6.71. The molecular weight excluding hydrogens is 392 g/mol. The van der Waals surface area contributed by atoms with Crippen molar-refractivity contribution in [3.8, 4) is 0 Å². The minimum absolute atomic E-state index is 0.00732. The Labute approximate surface area is 173 Å². The highest BCUT2D eigenvalue weighted by Crippen LogP contribution is 2.22. The molecule has 1 N–H and O–H groups in total. The van der Waals surface area contributed by atoms with Crippen LogP contribution >= 0.6 is 11.8 Å². The third kappa shape index (κ3) is 5.71. The Morgan fingerprint density at radius 1 is 1.07 bits per heavy atom. The summed E-state index contributed by atoms with van der Waals surface area (Å²) >= 11 is 1.35. The Hall–Kier alpha value is -3.07. The van der Waals surface area contributed by atoms with E-state index < -0.39 is 4.92 Å². The van der Waals surface area contributed by atoms with E-state index in [1.807, 2.05) is 31.2 Å². The van der Waals surface area contributed by atoms with Gasteiger partial charge in [0.2, 0.25) is 5.91 Å². The van der Waals surface area contributed by atoms with Gasteiger partial charge in [-0.25, -0.2) is 4.79 Å². The maximum absolute atomic E-state index is 12.4. The van der Waals surface area contributed by atoms with Crippen LogP contribution in [0.5, 0.6) is 0 Å². The minimum atomic E-state index is -0.450. The highest BCUT2D eigenvalue weighted by molar-refractivity contribution is 8.00. The van der Waals surface area contributed by atoms with E-state index in [0.29, 0.717) is 26.2 Å². The maximum atomic E-state index is 12.4. The van der Waals surface area contributed by atoms with Crippen molar-refractivity contribution >= 4 is 35.1 Å². The molecule has 8 nitrogen and oxygen atoms in total. The minimum Gasteiger partial charge on any atom is -0.338 e. The van der Waals surface area contributed by atoms with Gasteiger partial charge in [-0.15, -0.1) is 11.8 Å². The number of carbonyl (C=O) groups is 2. The average molecular weight is 414 g/mol. The Bertz CT molecular complexity index is 896. The lowest BCUT2D eigenvalue weighted by atomic mass is 10.2. The molecule has 2 aromatic rings. The summed E-state index contributed by atoms with van der Waals surface area (Å²) in [6, 6.07) is 13.6. The predicted octanol–water partition coefficient (Wildman–Crippen LogP) is 3.37. The molecule has 1 saturated heterocycles. The first kappa shape index (κ1) is 20.7. The van der Waals surface area contributed by atoms with Gasteiger partial charge in [0.25, 0.3) is 5.69 Å². The van der Waals surface area contributed by atoms with Gasteiger partial charge in [-0.1, -0.05) is 12.1 Å².